The van der Waals surface area contributed by atoms with Gasteiger partial charge in [-0.2, -0.15) is 4.98 Å². The van der Waals surface area contributed by atoms with E-state index in [0.29, 0.717) is 13.1 Å². The lowest BCUT2D eigenvalue weighted by Crippen LogP contribution is -2.56. The monoisotopic (exact) mass is 264 g/mol. The van der Waals surface area contributed by atoms with Crippen molar-refractivity contribution in [1.82, 2.24) is 14.3 Å². The summed E-state index contributed by atoms with van der Waals surface area (Å²) in [6.45, 7) is 1.20. The maximum atomic E-state index is 13.2. The van der Waals surface area contributed by atoms with E-state index in [9.17, 15) is 8.94 Å². The normalized spacial score (nSPS) is 19.2. The number of nitrogens with zero attached hydrogens (tertiary/aromatic N) is 3. The molecule has 0 radical (unpaired) electrons. The van der Waals surface area contributed by atoms with E-state index in [1.807, 2.05) is 0 Å². The van der Waals surface area contributed by atoms with Crippen molar-refractivity contribution in [2.45, 2.75) is 6.04 Å². The van der Waals surface area contributed by atoms with E-state index < -0.39 is 17.2 Å². The van der Waals surface area contributed by atoms with Gasteiger partial charge in [-0.05, 0) is 11.6 Å². The Morgan fingerprint density at radius 3 is 3.00 bits per heavy atom. The molecular formula is C8H10ClFN4OS. The molecule has 0 amide bonds. The molecule has 1 unspecified atom stereocenters. The summed E-state index contributed by atoms with van der Waals surface area (Å²) in [5.74, 6) is -0.452. The van der Waals surface area contributed by atoms with Gasteiger partial charge in [-0.15, -0.1) is 4.31 Å². The van der Waals surface area contributed by atoms with Crippen molar-refractivity contribution in [3.8, 4) is 0 Å². The van der Waals surface area contributed by atoms with E-state index in [0.717, 1.165) is 6.20 Å². The summed E-state index contributed by atoms with van der Waals surface area (Å²) in [5, 5.41) is 2.88. The Kier molecular flexibility index (Phi) is 3.48. The minimum atomic E-state index is -0.971. The maximum Gasteiger partial charge on any atom is 0.224 e. The number of hydrogen-bond acceptors (Lipinski definition) is 5. The van der Waals surface area contributed by atoms with Crippen molar-refractivity contribution < 1.29 is 8.94 Å². The molecule has 0 saturated carbocycles. The van der Waals surface area contributed by atoms with Gasteiger partial charge in [0.15, 0.2) is 11.6 Å². The highest BCUT2D eigenvalue weighted by Gasteiger charge is 2.34. The smallest absolute Gasteiger partial charge is 0.224 e. The van der Waals surface area contributed by atoms with Gasteiger partial charge in [-0.3, -0.25) is 0 Å². The van der Waals surface area contributed by atoms with Crippen LogP contribution in [0.5, 0.6) is 0 Å². The fourth-order valence-corrected chi connectivity index (χ4v) is 2.29. The SMILES string of the molecule is C[S+]([O-])N1CC(Nc2nc(Cl)ncc2F)C1. The van der Waals surface area contributed by atoms with Crippen LogP contribution in [0.1, 0.15) is 0 Å². The topological polar surface area (TPSA) is 64.1 Å². The molecule has 1 aliphatic heterocycles. The standard InChI is InChI=1S/C8H10ClFN4OS/c1-16(15)14-3-5(4-14)12-7-6(10)2-11-8(9)13-7/h2,5H,3-4H2,1H3,(H,11,12,13). The first-order valence-corrected chi connectivity index (χ1v) is 6.48. The van der Waals surface area contributed by atoms with Gasteiger partial charge in [0.2, 0.25) is 5.28 Å². The molecule has 1 saturated heterocycles. The molecule has 1 aliphatic rings. The fraction of sp³-hybridized carbons (Fsp3) is 0.500. The van der Waals surface area contributed by atoms with Crippen molar-refractivity contribution in [2.24, 2.45) is 0 Å². The van der Waals surface area contributed by atoms with E-state index >= 15 is 0 Å². The molecule has 2 rings (SSSR count). The third kappa shape index (κ3) is 2.54. The molecule has 1 aromatic rings. The molecule has 16 heavy (non-hydrogen) atoms. The van der Waals surface area contributed by atoms with Crippen LogP contribution in [0.3, 0.4) is 0 Å². The first-order chi connectivity index (χ1) is 7.56. The lowest BCUT2D eigenvalue weighted by atomic mass is 10.2. The van der Waals surface area contributed by atoms with Gasteiger partial charge >= 0.3 is 0 Å². The Balaban J connectivity index is 1.94. The largest absolute Gasteiger partial charge is 0.598 e. The Morgan fingerprint density at radius 1 is 1.69 bits per heavy atom. The van der Waals surface area contributed by atoms with Gasteiger partial charge in [0.25, 0.3) is 0 Å². The zero-order valence-corrected chi connectivity index (χ0v) is 10.1. The Hall–Kier alpha value is -0.630. The summed E-state index contributed by atoms with van der Waals surface area (Å²) >= 11 is 4.58. The van der Waals surface area contributed by atoms with Gasteiger partial charge in [0, 0.05) is 11.4 Å². The molecule has 1 N–H and O–H groups in total. The van der Waals surface area contributed by atoms with Crippen LogP contribution in [-0.4, -0.2) is 44.2 Å². The highest BCUT2D eigenvalue weighted by Crippen LogP contribution is 2.19. The zero-order valence-electron chi connectivity index (χ0n) is 8.48. The van der Waals surface area contributed by atoms with Crippen LogP contribution in [0.4, 0.5) is 10.2 Å². The van der Waals surface area contributed by atoms with Crippen LogP contribution in [0, 0.1) is 5.82 Å². The number of halogens is 2. The molecule has 2 heterocycles. The maximum absolute atomic E-state index is 13.2. The number of nitrogens with one attached hydrogen (secondary N) is 1. The van der Waals surface area contributed by atoms with Crippen molar-refractivity contribution in [2.75, 3.05) is 24.7 Å². The van der Waals surface area contributed by atoms with Crippen molar-refractivity contribution in [1.29, 1.82) is 0 Å². The molecule has 1 atom stereocenters. The van der Waals surface area contributed by atoms with Crippen LogP contribution < -0.4 is 5.32 Å². The summed E-state index contributed by atoms with van der Waals surface area (Å²) in [7, 11) is 0. The van der Waals surface area contributed by atoms with Crippen molar-refractivity contribution in [3.63, 3.8) is 0 Å². The number of aromatic nitrogens is 2. The van der Waals surface area contributed by atoms with Crippen molar-refractivity contribution >= 4 is 28.8 Å². The number of anilines is 1. The molecule has 0 aromatic carbocycles. The molecule has 88 valence electrons. The zero-order chi connectivity index (χ0) is 11.7. The highest BCUT2D eigenvalue weighted by atomic mass is 35.5. The Morgan fingerprint density at radius 2 is 2.38 bits per heavy atom. The minimum absolute atomic E-state index is 0.000789. The lowest BCUT2D eigenvalue weighted by Gasteiger charge is -2.37. The van der Waals surface area contributed by atoms with E-state index in [4.69, 9.17) is 11.6 Å². The van der Waals surface area contributed by atoms with Gasteiger partial charge in [-0.25, -0.2) is 9.37 Å². The van der Waals surface area contributed by atoms with Gasteiger partial charge in [0.1, 0.15) is 6.26 Å². The number of hydrogen-bond donors (Lipinski definition) is 1. The van der Waals surface area contributed by atoms with E-state index in [2.05, 4.69) is 15.3 Å². The first kappa shape index (κ1) is 11.8. The highest BCUT2D eigenvalue weighted by molar-refractivity contribution is 7.88. The van der Waals surface area contributed by atoms with Gasteiger partial charge in [-0.1, -0.05) is 0 Å². The molecule has 1 aromatic heterocycles. The average Bonchev–Trinajstić information content (AvgIpc) is 2.15. The van der Waals surface area contributed by atoms with Crippen LogP contribution in [0.15, 0.2) is 6.20 Å². The summed E-state index contributed by atoms with van der Waals surface area (Å²) in [5.41, 5.74) is 0. The predicted octanol–water partition coefficient (Wildman–Crippen LogP) is 0.659. The van der Waals surface area contributed by atoms with E-state index in [1.54, 1.807) is 10.6 Å². The Bertz CT molecular complexity index is 388. The summed E-state index contributed by atoms with van der Waals surface area (Å²) in [4.78, 5) is 7.25. The summed E-state index contributed by atoms with van der Waals surface area (Å²) in [6.07, 6.45) is 2.63. The second kappa shape index (κ2) is 4.70. The third-order valence-electron chi connectivity index (χ3n) is 2.27. The van der Waals surface area contributed by atoms with E-state index in [1.165, 1.54) is 0 Å². The summed E-state index contributed by atoms with van der Waals surface area (Å²) < 4.78 is 26.0. The minimum Gasteiger partial charge on any atom is -0.598 e. The average molecular weight is 265 g/mol. The fourth-order valence-electron chi connectivity index (χ4n) is 1.38. The lowest BCUT2D eigenvalue weighted by molar-refractivity contribution is 0.281. The van der Waals surface area contributed by atoms with Crippen LogP contribution >= 0.6 is 11.6 Å². The molecule has 0 bridgehead atoms. The second-order valence-corrected chi connectivity index (χ2v) is 5.15. The predicted molar refractivity (Wildman–Crippen MR) is 60.1 cm³/mol. The van der Waals surface area contributed by atoms with Gasteiger partial charge in [0.05, 0.1) is 25.3 Å². The van der Waals surface area contributed by atoms with Crippen molar-refractivity contribution in [3.05, 3.63) is 17.3 Å². The number of rotatable bonds is 3. The second-order valence-electron chi connectivity index (χ2n) is 3.45. The molecule has 1 fully saturated rings. The Labute approximate surface area is 100 Å². The van der Waals surface area contributed by atoms with Crippen LogP contribution in [0.2, 0.25) is 5.28 Å². The quantitative estimate of drug-likeness (QED) is 0.642. The molecule has 0 aliphatic carbocycles. The molecule has 0 spiro atoms. The molecular weight excluding hydrogens is 255 g/mol. The van der Waals surface area contributed by atoms with E-state index in [-0.39, 0.29) is 17.1 Å². The van der Waals surface area contributed by atoms with Crippen LogP contribution in [0.25, 0.3) is 0 Å². The molecule has 5 nitrogen and oxygen atoms in total. The van der Waals surface area contributed by atoms with Gasteiger partial charge < -0.3 is 9.87 Å². The van der Waals surface area contributed by atoms with Crippen LogP contribution in [-0.2, 0) is 11.4 Å². The third-order valence-corrected chi connectivity index (χ3v) is 3.47. The first-order valence-electron chi connectivity index (χ1n) is 4.59. The molecule has 8 heteroatoms. The summed E-state index contributed by atoms with van der Waals surface area (Å²) in [6, 6.07) is 0.0457.